The molecule has 0 bridgehead atoms. The molecular formula is C10H11BrOS. The molecule has 0 saturated carbocycles. The van der Waals surface area contributed by atoms with Crippen LogP contribution in [0.1, 0.15) is 5.56 Å². The molecule has 1 aromatic rings. The first-order chi connectivity index (χ1) is 6.25. The fourth-order valence-corrected chi connectivity index (χ4v) is 2.81. The Balaban J connectivity index is 2.13. The molecule has 2 rings (SSSR count). The minimum atomic E-state index is 0.651. The number of benzene rings is 1. The maximum atomic E-state index is 5.14. The number of hydrogen-bond acceptors (Lipinski definition) is 2. The zero-order chi connectivity index (χ0) is 9.26. The third-order valence-electron chi connectivity index (χ3n) is 1.99. The Morgan fingerprint density at radius 2 is 2.23 bits per heavy atom. The summed E-state index contributed by atoms with van der Waals surface area (Å²) < 4.78 is 6.33. The molecule has 0 radical (unpaired) electrons. The molecule has 1 fully saturated rings. The van der Waals surface area contributed by atoms with Crippen molar-refractivity contribution in [3.8, 4) is 0 Å². The van der Waals surface area contributed by atoms with Crippen LogP contribution in [0.2, 0.25) is 0 Å². The Bertz CT molecular complexity index is 310. The summed E-state index contributed by atoms with van der Waals surface area (Å²) in [7, 11) is 0. The number of thioether (sulfide) groups is 1. The van der Waals surface area contributed by atoms with Gasteiger partial charge in [0.25, 0.3) is 0 Å². The van der Waals surface area contributed by atoms with Gasteiger partial charge in [-0.05, 0) is 40.5 Å². The smallest absolute Gasteiger partial charge is 0.0611 e. The molecule has 1 saturated heterocycles. The van der Waals surface area contributed by atoms with Gasteiger partial charge < -0.3 is 4.74 Å². The van der Waals surface area contributed by atoms with E-state index < -0.39 is 0 Å². The van der Waals surface area contributed by atoms with Gasteiger partial charge in [0.2, 0.25) is 0 Å². The maximum Gasteiger partial charge on any atom is 0.0611 e. The van der Waals surface area contributed by atoms with E-state index in [1.165, 1.54) is 14.9 Å². The van der Waals surface area contributed by atoms with Crippen LogP contribution >= 0.6 is 27.7 Å². The predicted octanol–water partition coefficient (Wildman–Crippen LogP) is 3.25. The van der Waals surface area contributed by atoms with E-state index in [-0.39, 0.29) is 0 Å². The van der Waals surface area contributed by atoms with Gasteiger partial charge in [0.1, 0.15) is 0 Å². The molecular weight excluding hydrogens is 248 g/mol. The van der Waals surface area contributed by atoms with Crippen molar-refractivity contribution in [2.24, 2.45) is 0 Å². The first kappa shape index (κ1) is 9.56. The molecule has 70 valence electrons. The van der Waals surface area contributed by atoms with Crippen molar-refractivity contribution in [2.45, 2.75) is 17.1 Å². The maximum absolute atomic E-state index is 5.14. The average molecular weight is 259 g/mol. The van der Waals surface area contributed by atoms with Gasteiger partial charge in [0.15, 0.2) is 0 Å². The van der Waals surface area contributed by atoms with Gasteiger partial charge in [0, 0.05) is 9.37 Å². The number of aryl methyl sites for hydroxylation is 1. The second kappa shape index (κ2) is 4.03. The zero-order valence-electron chi connectivity index (χ0n) is 7.42. The molecule has 0 atom stereocenters. The SMILES string of the molecule is Cc1ccc(Br)c(SC2COC2)c1. The highest BCUT2D eigenvalue weighted by Gasteiger charge is 2.20. The molecule has 0 aliphatic carbocycles. The van der Waals surface area contributed by atoms with Crippen molar-refractivity contribution in [2.75, 3.05) is 13.2 Å². The quantitative estimate of drug-likeness (QED) is 0.806. The third kappa shape index (κ3) is 2.27. The highest BCUT2D eigenvalue weighted by molar-refractivity contribution is 9.10. The Hall–Kier alpha value is 0.01000. The topological polar surface area (TPSA) is 9.23 Å². The lowest BCUT2D eigenvalue weighted by molar-refractivity contribution is 0.0455. The standard InChI is InChI=1S/C10H11BrOS/c1-7-2-3-9(11)10(4-7)13-8-5-12-6-8/h2-4,8H,5-6H2,1H3. The van der Waals surface area contributed by atoms with Gasteiger partial charge in [-0.2, -0.15) is 0 Å². The first-order valence-corrected chi connectivity index (χ1v) is 5.93. The van der Waals surface area contributed by atoms with Gasteiger partial charge in [0.05, 0.1) is 18.5 Å². The van der Waals surface area contributed by atoms with Crippen LogP contribution in [-0.4, -0.2) is 18.5 Å². The number of rotatable bonds is 2. The molecule has 0 spiro atoms. The van der Waals surface area contributed by atoms with Crippen molar-refractivity contribution in [1.29, 1.82) is 0 Å². The lowest BCUT2D eigenvalue weighted by Crippen LogP contribution is -2.30. The summed E-state index contributed by atoms with van der Waals surface area (Å²) in [5, 5.41) is 0.651. The lowest BCUT2D eigenvalue weighted by atomic mass is 10.2. The zero-order valence-corrected chi connectivity index (χ0v) is 9.82. The predicted molar refractivity (Wildman–Crippen MR) is 59.3 cm³/mol. The monoisotopic (exact) mass is 258 g/mol. The van der Waals surface area contributed by atoms with Crippen molar-refractivity contribution in [1.82, 2.24) is 0 Å². The molecule has 1 heterocycles. The second-order valence-electron chi connectivity index (χ2n) is 3.21. The molecule has 3 heteroatoms. The van der Waals surface area contributed by atoms with E-state index in [2.05, 4.69) is 41.1 Å². The first-order valence-electron chi connectivity index (χ1n) is 4.26. The molecule has 0 N–H and O–H groups in total. The van der Waals surface area contributed by atoms with Crippen LogP contribution < -0.4 is 0 Å². The number of hydrogen-bond donors (Lipinski definition) is 0. The van der Waals surface area contributed by atoms with Crippen LogP contribution in [0.5, 0.6) is 0 Å². The van der Waals surface area contributed by atoms with Crippen LogP contribution in [0.4, 0.5) is 0 Å². The minimum Gasteiger partial charge on any atom is -0.379 e. The fraction of sp³-hybridized carbons (Fsp3) is 0.400. The molecule has 0 unspecified atom stereocenters. The normalized spacial score (nSPS) is 17.1. The summed E-state index contributed by atoms with van der Waals surface area (Å²) in [6.07, 6.45) is 0. The summed E-state index contributed by atoms with van der Waals surface area (Å²) in [5.41, 5.74) is 1.31. The van der Waals surface area contributed by atoms with Crippen LogP contribution in [0.3, 0.4) is 0 Å². The van der Waals surface area contributed by atoms with E-state index in [0.717, 1.165) is 13.2 Å². The van der Waals surface area contributed by atoms with Crippen LogP contribution in [-0.2, 0) is 4.74 Å². The minimum absolute atomic E-state index is 0.651. The summed E-state index contributed by atoms with van der Waals surface area (Å²) in [5.74, 6) is 0. The highest BCUT2D eigenvalue weighted by Crippen LogP contribution is 2.33. The average Bonchev–Trinajstić information content (AvgIpc) is 2.03. The van der Waals surface area contributed by atoms with E-state index in [1.807, 2.05) is 11.8 Å². The largest absolute Gasteiger partial charge is 0.379 e. The molecule has 1 aliphatic rings. The lowest BCUT2D eigenvalue weighted by Gasteiger charge is -2.25. The molecule has 0 amide bonds. The number of ether oxygens (including phenoxy) is 1. The van der Waals surface area contributed by atoms with E-state index in [4.69, 9.17) is 4.74 Å². The van der Waals surface area contributed by atoms with Gasteiger partial charge in [-0.1, -0.05) is 6.07 Å². The molecule has 1 nitrogen and oxygen atoms in total. The summed E-state index contributed by atoms with van der Waals surface area (Å²) in [6, 6.07) is 6.44. The highest BCUT2D eigenvalue weighted by atomic mass is 79.9. The van der Waals surface area contributed by atoms with Gasteiger partial charge in [-0.15, -0.1) is 11.8 Å². The Morgan fingerprint density at radius 1 is 1.46 bits per heavy atom. The van der Waals surface area contributed by atoms with E-state index in [9.17, 15) is 0 Å². The van der Waals surface area contributed by atoms with Crippen molar-refractivity contribution in [3.63, 3.8) is 0 Å². The molecule has 13 heavy (non-hydrogen) atoms. The molecule has 1 aromatic carbocycles. The van der Waals surface area contributed by atoms with Crippen LogP contribution in [0.25, 0.3) is 0 Å². The third-order valence-corrected chi connectivity index (χ3v) is 4.14. The second-order valence-corrected chi connectivity index (χ2v) is 5.41. The molecule has 0 aromatic heterocycles. The fourth-order valence-electron chi connectivity index (χ4n) is 1.16. The van der Waals surface area contributed by atoms with Gasteiger partial charge in [-0.25, -0.2) is 0 Å². The van der Waals surface area contributed by atoms with Gasteiger partial charge in [-0.3, -0.25) is 0 Å². The van der Waals surface area contributed by atoms with E-state index in [1.54, 1.807) is 0 Å². The van der Waals surface area contributed by atoms with Gasteiger partial charge >= 0.3 is 0 Å². The summed E-state index contributed by atoms with van der Waals surface area (Å²) in [6.45, 7) is 3.91. The van der Waals surface area contributed by atoms with Crippen LogP contribution in [0, 0.1) is 6.92 Å². The Morgan fingerprint density at radius 3 is 2.85 bits per heavy atom. The van der Waals surface area contributed by atoms with Crippen molar-refractivity contribution in [3.05, 3.63) is 28.2 Å². The van der Waals surface area contributed by atoms with Crippen molar-refractivity contribution >= 4 is 27.7 Å². The van der Waals surface area contributed by atoms with E-state index in [0.29, 0.717) is 5.25 Å². The van der Waals surface area contributed by atoms with Crippen molar-refractivity contribution < 1.29 is 4.74 Å². The Labute approximate surface area is 91.0 Å². The molecule has 1 aliphatic heterocycles. The Kier molecular flexibility index (Phi) is 2.96. The van der Waals surface area contributed by atoms with E-state index >= 15 is 0 Å². The summed E-state index contributed by atoms with van der Waals surface area (Å²) in [4.78, 5) is 1.33. The van der Waals surface area contributed by atoms with Crippen LogP contribution in [0.15, 0.2) is 27.6 Å². The summed E-state index contributed by atoms with van der Waals surface area (Å²) >= 11 is 5.45. The number of halogens is 1.